The zero-order valence-electron chi connectivity index (χ0n) is 21.6. The molecular weight excluding hydrogens is 558 g/mol. The van der Waals surface area contributed by atoms with Gasteiger partial charge in [-0.05, 0) is 73.0 Å². The SMILES string of the molecule is O=C(c1cccs1)N1CC(CN2CCC3(CC2)CCN(Cc2ccc(Br)cc2)C3=O)C(c2ccccc2)C1. The van der Waals surface area contributed by atoms with Crippen LogP contribution >= 0.6 is 27.3 Å². The van der Waals surface area contributed by atoms with Crippen molar-refractivity contribution in [3.63, 3.8) is 0 Å². The Labute approximate surface area is 237 Å². The second kappa shape index (κ2) is 10.9. The average molecular weight is 593 g/mol. The molecule has 1 spiro atoms. The molecule has 198 valence electrons. The number of thiophene rings is 1. The molecule has 0 N–H and O–H groups in total. The Balaban J connectivity index is 1.09. The summed E-state index contributed by atoms with van der Waals surface area (Å²) in [6, 6.07) is 22.9. The largest absolute Gasteiger partial charge is 0.338 e. The van der Waals surface area contributed by atoms with Gasteiger partial charge in [-0.2, -0.15) is 0 Å². The third-order valence-electron chi connectivity index (χ3n) is 8.88. The molecular formula is C31H34BrN3O2S. The van der Waals surface area contributed by atoms with Crippen LogP contribution in [0.3, 0.4) is 0 Å². The van der Waals surface area contributed by atoms with E-state index in [0.717, 1.165) is 67.9 Å². The molecule has 7 heteroatoms. The zero-order chi connectivity index (χ0) is 26.1. The topological polar surface area (TPSA) is 43.9 Å². The summed E-state index contributed by atoms with van der Waals surface area (Å²) in [6.07, 6.45) is 2.84. The van der Waals surface area contributed by atoms with Crippen LogP contribution in [-0.4, -0.2) is 65.8 Å². The average Bonchev–Trinajstić information content (AvgIpc) is 3.69. The van der Waals surface area contributed by atoms with E-state index in [1.165, 1.54) is 22.5 Å². The fraction of sp³-hybridized carbons (Fsp3) is 0.419. The number of nitrogens with zero attached hydrogens (tertiary/aromatic N) is 3. The van der Waals surface area contributed by atoms with Crippen LogP contribution < -0.4 is 0 Å². The maximum absolute atomic E-state index is 13.5. The van der Waals surface area contributed by atoms with Crippen molar-refractivity contribution in [1.82, 2.24) is 14.7 Å². The third-order valence-corrected chi connectivity index (χ3v) is 10.3. The van der Waals surface area contributed by atoms with Gasteiger partial charge in [0.2, 0.25) is 5.91 Å². The van der Waals surface area contributed by atoms with Crippen LogP contribution in [0.4, 0.5) is 0 Å². The molecule has 3 aliphatic heterocycles. The van der Waals surface area contributed by atoms with E-state index in [1.54, 1.807) is 0 Å². The zero-order valence-corrected chi connectivity index (χ0v) is 24.0. The molecule has 3 aliphatic rings. The Kier molecular flexibility index (Phi) is 7.43. The molecule has 0 bridgehead atoms. The first-order chi connectivity index (χ1) is 18.5. The van der Waals surface area contributed by atoms with Gasteiger partial charge in [-0.1, -0.05) is 64.5 Å². The Hall–Kier alpha value is -2.48. The van der Waals surface area contributed by atoms with Crippen molar-refractivity contribution in [2.75, 3.05) is 39.3 Å². The van der Waals surface area contributed by atoms with Gasteiger partial charge in [0.25, 0.3) is 5.91 Å². The fourth-order valence-electron chi connectivity index (χ4n) is 6.67. The Morgan fingerprint density at radius 1 is 0.921 bits per heavy atom. The van der Waals surface area contributed by atoms with E-state index in [2.05, 4.69) is 73.1 Å². The minimum atomic E-state index is -0.193. The Morgan fingerprint density at radius 3 is 2.37 bits per heavy atom. The molecule has 6 rings (SSSR count). The number of carbonyl (C=O) groups excluding carboxylic acids is 2. The van der Waals surface area contributed by atoms with Crippen LogP contribution in [-0.2, 0) is 11.3 Å². The lowest BCUT2D eigenvalue weighted by Gasteiger charge is -2.39. The summed E-state index contributed by atoms with van der Waals surface area (Å²) < 4.78 is 1.06. The number of amides is 2. The molecule has 0 saturated carbocycles. The maximum Gasteiger partial charge on any atom is 0.263 e. The van der Waals surface area contributed by atoms with Crippen molar-refractivity contribution in [1.29, 1.82) is 0 Å². The van der Waals surface area contributed by atoms with Crippen LogP contribution in [0.25, 0.3) is 0 Å². The van der Waals surface area contributed by atoms with Gasteiger partial charge in [0.15, 0.2) is 0 Å². The van der Waals surface area contributed by atoms with Gasteiger partial charge < -0.3 is 14.7 Å². The predicted molar refractivity (Wildman–Crippen MR) is 155 cm³/mol. The number of benzene rings is 2. The van der Waals surface area contributed by atoms with Crippen LogP contribution in [0.2, 0.25) is 0 Å². The summed E-state index contributed by atoms with van der Waals surface area (Å²) >= 11 is 5.02. The van der Waals surface area contributed by atoms with Gasteiger partial charge in [-0.15, -0.1) is 11.3 Å². The van der Waals surface area contributed by atoms with Gasteiger partial charge in [0.1, 0.15) is 0 Å². The molecule has 2 amide bonds. The van der Waals surface area contributed by atoms with E-state index in [0.29, 0.717) is 24.3 Å². The van der Waals surface area contributed by atoms with Crippen molar-refractivity contribution in [2.45, 2.75) is 31.7 Å². The van der Waals surface area contributed by atoms with Crippen LogP contribution in [0.1, 0.15) is 46.0 Å². The lowest BCUT2D eigenvalue weighted by molar-refractivity contribution is -0.139. The van der Waals surface area contributed by atoms with Crippen LogP contribution in [0.5, 0.6) is 0 Å². The van der Waals surface area contributed by atoms with Crippen molar-refractivity contribution >= 4 is 39.1 Å². The summed E-state index contributed by atoms with van der Waals surface area (Å²) in [6.45, 7) is 5.99. The van der Waals surface area contributed by atoms with E-state index in [4.69, 9.17) is 0 Å². The van der Waals surface area contributed by atoms with E-state index in [9.17, 15) is 9.59 Å². The lowest BCUT2D eigenvalue weighted by Crippen LogP contribution is -2.46. The van der Waals surface area contributed by atoms with Crippen LogP contribution in [0, 0.1) is 11.3 Å². The molecule has 0 radical (unpaired) electrons. The van der Waals surface area contributed by atoms with Gasteiger partial charge in [-0.25, -0.2) is 0 Å². The second-order valence-corrected chi connectivity index (χ2v) is 13.0. The molecule has 2 unspecified atom stereocenters. The number of piperidine rings is 1. The van der Waals surface area contributed by atoms with E-state index in [-0.39, 0.29) is 11.3 Å². The van der Waals surface area contributed by atoms with Crippen molar-refractivity contribution in [2.24, 2.45) is 11.3 Å². The molecule has 38 heavy (non-hydrogen) atoms. The van der Waals surface area contributed by atoms with E-state index in [1.807, 2.05) is 29.6 Å². The highest BCUT2D eigenvalue weighted by Crippen LogP contribution is 2.43. The first kappa shape index (κ1) is 25.8. The highest BCUT2D eigenvalue weighted by Gasteiger charge is 2.48. The molecule has 4 heterocycles. The van der Waals surface area contributed by atoms with Crippen LogP contribution in [0.15, 0.2) is 76.6 Å². The summed E-state index contributed by atoms with van der Waals surface area (Å²) in [5.41, 5.74) is 2.31. The normalized spacial score (nSPS) is 23.4. The minimum absolute atomic E-state index is 0.156. The molecule has 2 atom stereocenters. The summed E-state index contributed by atoms with van der Waals surface area (Å²) in [5, 5.41) is 1.98. The Morgan fingerprint density at radius 2 is 1.66 bits per heavy atom. The minimum Gasteiger partial charge on any atom is -0.338 e. The monoisotopic (exact) mass is 591 g/mol. The first-order valence-electron chi connectivity index (χ1n) is 13.6. The molecule has 3 saturated heterocycles. The number of hydrogen-bond donors (Lipinski definition) is 0. The number of likely N-dealkylation sites (tertiary alicyclic amines) is 3. The Bertz CT molecular complexity index is 1260. The third kappa shape index (κ3) is 5.21. The summed E-state index contributed by atoms with van der Waals surface area (Å²) in [5.74, 6) is 1.23. The standard InChI is InChI=1S/C31H34BrN3O2S/c32-26-10-8-23(9-11-26)19-34-17-14-31(30(34)37)12-15-33(16-13-31)20-25-21-35(29(36)28-7-4-18-38-28)22-27(25)24-5-2-1-3-6-24/h1-11,18,25,27H,12-17,19-22H2. The van der Waals surface area contributed by atoms with Crippen molar-refractivity contribution < 1.29 is 9.59 Å². The fourth-order valence-corrected chi connectivity index (χ4v) is 7.62. The van der Waals surface area contributed by atoms with Gasteiger partial charge in [0, 0.05) is 43.1 Å². The molecule has 0 aliphatic carbocycles. The van der Waals surface area contributed by atoms with Crippen molar-refractivity contribution in [3.8, 4) is 0 Å². The quantitative estimate of drug-likeness (QED) is 0.359. The molecule has 1 aromatic heterocycles. The number of halogens is 1. The molecule has 3 fully saturated rings. The number of rotatable bonds is 6. The molecule has 5 nitrogen and oxygen atoms in total. The highest BCUT2D eigenvalue weighted by molar-refractivity contribution is 9.10. The summed E-state index contributed by atoms with van der Waals surface area (Å²) in [7, 11) is 0. The van der Waals surface area contributed by atoms with Gasteiger partial charge in [-0.3, -0.25) is 9.59 Å². The maximum atomic E-state index is 13.5. The van der Waals surface area contributed by atoms with Gasteiger partial charge in [0.05, 0.1) is 10.3 Å². The second-order valence-electron chi connectivity index (χ2n) is 11.1. The van der Waals surface area contributed by atoms with E-state index >= 15 is 0 Å². The lowest BCUT2D eigenvalue weighted by atomic mass is 9.76. The summed E-state index contributed by atoms with van der Waals surface area (Å²) in [4.78, 5) is 34.2. The molecule has 3 aromatic rings. The highest BCUT2D eigenvalue weighted by atomic mass is 79.9. The van der Waals surface area contributed by atoms with E-state index < -0.39 is 0 Å². The smallest absolute Gasteiger partial charge is 0.263 e. The predicted octanol–water partition coefficient (Wildman–Crippen LogP) is 5.88. The van der Waals surface area contributed by atoms with Gasteiger partial charge >= 0.3 is 0 Å². The van der Waals surface area contributed by atoms with Crippen molar-refractivity contribution in [3.05, 3.63) is 92.6 Å². The number of hydrogen-bond acceptors (Lipinski definition) is 4. The first-order valence-corrected chi connectivity index (χ1v) is 15.3. The molecule has 2 aromatic carbocycles. The number of carbonyl (C=O) groups is 2.